The van der Waals surface area contributed by atoms with Crippen LogP contribution >= 0.6 is 11.8 Å². The second-order valence-electron chi connectivity index (χ2n) is 15.4. The van der Waals surface area contributed by atoms with Gasteiger partial charge in [0.05, 0.1) is 24.6 Å². The maximum absolute atomic E-state index is 13.1. The zero-order valence-electron chi connectivity index (χ0n) is 35.4. The highest BCUT2D eigenvalue weighted by Gasteiger charge is 2.38. The fraction of sp³-hybridized carbons (Fsp3) is 0.500. The first-order valence-electron chi connectivity index (χ1n) is 21.6. The molecule has 2 aliphatic heterocycles. The fourth-order valence-corrected chi connectivity index (χ4v) is 7.87. The lowest BCUT2D eigenvalue weighted by Gasteiger charge is -2.15. The Morgan fingerprint density at radius 3 is 2.05 bits per heavy atom. The monoisotopic (exact) mass is 888 g/mol. The molecule has 0 spiro atoms. The second kappa shape index (κ2) is 25.9. The van der Waals surface area contributed by atoms with Gasteiger partial charge >= 0.3 is 5.97 Å². The van der Waals surface area contributed by atoms with Gasteiger partial charge in [0, 0.05) is 68.6 Å². The van der Waals surface area contributed by atoms with Crippen molar-refractivity contribution in [1.82, 2.24) is 35.8 Å². The summed E-state index contributed by atoms with van der Waals surface area (Å²) < 4.78 is 1.66. The summed E-state index contributed by atoms with van der Waals surface area (Å²) in [4.78, 5) is 110. The zero-order chi connectivity index (χ0) is 44.8. The highest BCUT2D eigenvalue weighted by atomic mass is 32.2. The van der Waals surface area contributed by atoms with E-state index in [-0.39, 0.29) is 68.4 Å². The van der Waals surface area contributed by atoms with Crippen molar-refractivity contribution in [3.8, 4) is 0 Å². The molecule has 7 amide bonds. The number of hydrogen-bond donors (Lipinski definition) is 3. The minimum atomic E-state index is -0.619. The molecule has 2 saturated heterocycles. The molecule has 0 unspecified atom stereocenters. The Balaban J connectivity index is 0.849. The molecular formula is C44H56N8O10S. The first-order chi connectivity index (χ1) is 30.5. The Morgan fingerprint density at radius 1 is 0.698 bits per heavy atom. The number of aryl methyl sites for hydroxylation is 1. The van der Waals surface area contributed by atoms with Gasteiger partial charge in [-0.25, -0.2) is 10.3 Å². The Labute approximate surface area is 370 Å². The zero-order valence-corrected chi connectivity index (χ0v) is 36.2. The van der Waals surface area contributed by atoms with Crippen LogP contribution in [0.4, 0.5) is 5.69 Å². The molecule has 3 N–H and O–H groups in total. The predicted octanol–water partition coefficient (Wildman–Crippen LogP) is 5.07. The third kappa shape index (κ3) is 17.0. The molecule has 63 heavy (non-hydrogen) atoms. The third-order valence-electron chi connectivity index (χ3n) is 10.2. The van der Waals surface area contributed by atoms with Crippen LogP contribution < -0.4 is 16.1 Å². The smallest absolute Gasteiger partial charge is 0.333 e. The number of unbranched alkanes of at least 4 members (excludes halogenated alkanes) is 7. The first-order valence-corrected chi connectivity index (χ1v) is 22.5. The minimum absolute atomic E-state index is 0.0179. The van der Waals surface area contributed by atoms with E-state index in [0.717, 1.165) is 41.8 Å². The van der Waals surface area contributed by atoms with Crippen LogP contribution in [0, 0.1) is 0 Å². The maximum Gasteiger partial charge on any atom is 0.333 e. The number of amides is 7. The topological polar surface area (TPSA) is 228 Å². The summed E-state index contributed by atoms with van der Waals surface area (Å²) in [5.74, 6) is -2.40. The first kappa shape index (κ1) is 48.1. The van der Waals surface area contributed by atoms with E-state index in [0.29, 0.717) is 81.6 Å². The number of carbonyl (C=O) groups is 8. The molecule has 0 bridgehead atoms. The summed E-state index contributed by atoms with van der Waals surface area (Å²) in [5.41, 5.74) is 4.70. The van der Waals surface area contributed by atoms with Crippen molar-refractivity contribution in [1.29, 1.82) is 0 Å². The van der Waals surface area contributed by atoms with Gasteiger partial charge in [0.1, 0.15) is 5.69 Å². The number of hydroxylamine groups is 3. The van der Waals surface area contributed by atoms with Gasteiger partial charge in [0.2, 0.25) is 29.5 Å². The normalized spacial score (nSPS) is 15.0. The Bertz CT molecular complexity index is 2010. The number of para-hydroxylation sites is 1. The van der Waals surface area contributed by atoms with E-state index < -0.39 is 23.0 Å². The summed E-state index contributed by atoms with van der Waals surface area (Å²) in [5, 5.41) is 13.9. The summed E-state index contributed by atoms with van der Waals surface area (Å²) in [6, 6.07) is 16.8. The van der Waals surface area contributed by atoms with E-state index in [1.807, 2.05) is 54.6 Å². The molecule has 0 saturated carbocycles. The van der Waals surface area contributed by atoms with E-state index in [2.05, 4.69) is 26.4 Å². The number of benzene rings is 2. The number of nitrogens with one attached hydrogen (secondary N) is 3. The van der Waals surface area contributed by atoms with Crippen LogP contribution in [-0.4, -0.2) is 84.1 Å². The molecule has 19 heteroatoms. The quantitative estimate of drug-likeness (QED) is 0.0492. The third-order valence-corrected chi connectivity index (χ3v) is 11.4. The molecule has 0 radical (unpaired) electrons. The lowest BCUT2D eigenvalue weighted by atomic mass is 10.1. The molecule has 0 aliphatic carbocycles. The predicted molar refractivity (Wildman–Crippen MR) is 229 cm³/mol. The van der Waals surface area contributed by atoms with Gasteiger partial charge in [0.25, 0.3) is 11.8 Å². The van der Waals surface area contributed by atoms with Gasteiger partial charge in [-0.3, -0.25) is 48.0 Å². The van der Waals surface area contributed by atoms with Crippen LogP contribution in [-0.2, 0) is 67.7 Å². The van der Waals surface area contributed by atoms with Crippen LogP contribution in [0.25, 0.3) is 0 Å². The number of nitrogens with zero attached hydrogens (tertiary/aromatic N) is 5. The van der Waals surface area contributed by atoms with Crippen molar-refractivity contribution in [2.45, 2.75) is 139 Å². The second-order valence-corrected chi connectivity index (χ2v) is 16.7. The van der Waals surface area contributed by atoms with Gasteiger partial charge in [-0.05, 0) is 68.4 Å². The van der Waals surface area contributed by atoms with E-state index in [9.17, 15) is 38.4 Å². The lowest BCUT2D eigenvalue weighted by molar-refractivity contribution is -0.197. The van der Waals surface area contributed by atoms with Gasteiger partial charge in [-0.1, -0.05) is 61.2 Å². The summed E-state index contributed by atoms with van der Waals surface area (Å²) in [7, 11) is 0. The van der Waals surface area contributed by atoms with Crippen LogP contribution in [0.1, 0.15) is 120 Å². The van der Waals surface area contributed by atoms with Crippen LogP contribution in [0.3, 0.4) is 0 Å². The fourth-order valence-electron chi connectivity index (χ4n) is 6.79. The summed E-state index contributed by atoms with van der Waals surface area (Å²) in [6.45, 7) is 1.28. The molecule has 5 rings (SSSR count). The number of aromatic nitrogens is 3. The average Bonchev–Trinajstić information content (AvgIpc) is 3.94. The van der Waals surface area contributed by atoms with E-state index >= 15 is 0 Å². The number of carbonyl (C=O) groups excluding carboxylic acids is 8. The van der Waals surface area contributed by atoms with Crippen molar-refractivity contribution in [2.24, 2.45) is 0 Å². The van der Waals surface area contributed by atoms with Crippen molar-refractivity contribution in [3.63, 3.8) is 0 Å². The molecule has 2 aromatic carbocycles. The van der Waals surface area contributed by atoms with Gasteiger partial charge in [-0.15, -0.1) is 21.9 Å². The Hall–Kier alpha value is -5.95. The molecule has 1 atom stereocenters. The highest BCUT2D eigenvalue weighted by Crippen LogP contribution is 2.32. The number of imide groups is 2. The Morgan fingerprint density at radius 2 is 1.33 bits per heavy atom. The summed E-state index contributed by atoms with van der Waals surface area (Å²) in [6.07, 6.45) is 10.1. The van der Waals surface area contributed by atoms with Crippen LogP contribution in [0.15, 0.2) is 65.7 Å². The SMILES string of the molecule is O=C(CCCCCN1C(=O)C[C@@H](Sc2ccc(CONC(=O)CCCCCCC(=O)Nc3ccccc3)cc2)C1=O)NCc1cn(CCCCCC(=O)ON2C(=O)CCC2=O)nn1. The van der Waals surface area contributed by atoms with E-state index in [1.54, 1.807) is 10.9 Å². The maximum atomic E-state index is 13.1. The van der Waals surface area contributed by atoms with Crippen molar-refractivity contribution in [3.05, 3.63) is 72.1 Å². The number of anilines is 1. The molecule has 1 aromatic heterocycles. The average molecular weight is 889 g/mol. The lowest BCUT2D eigenvalue weighted by Crippen LogP contribution is -2.32. The molecule has 338 valence electrons. The highest BCUT2D eigenvalue weighted by molar-refractivity contribution is 8.00. The van der Waals surface area contributed by atoms with Crippen molar-refractivity contribution >= 4 is 64.8 Å². The summed E-state index contributed by atoms with van der Waals surface area (Å²) >= 11 is 1.34. The number of thioether (sulfide) groups is 1. The van der Waals surface area contributed by atoms with Crippen LogP contribution in [0.2, 0.25) is 0 Å². The van der Waals surface area contributed by atoms with Crippen molar-refractivity contribution in [2.75, 3.05) is 11.9 Å². The molecule has 2 fully saturated rings. The molecular weight excluding hydrogens is 833 g/mol. The molecule has 2 aliphatic rings. The van der Waals surface area contributed by atoms with Crippen LogP contribution in [0.5, 0.6) is 0 Å². The van der Waals surface area contributed by atoms with Gasteiger partial charge in [0.15, 0.2) is 0 Å². The van der Waals surface area contributed by atoms with Gasteiger partial charge in [-0.2, -0.15) is 0 Å². The van der Waals surface area contributed by atoms with E-state index in [1.165, 1.54) is 16.7 Å². The van der Waals surface area contributed by atoms with Gasteiger partial charge < -0.3 is 15.5 Å². The van der Waals surface area contributed by atoms with Crippen molar-refractivity contribution < 1.29 is 48.0 Å². The van der Waals surface area contributed by atoms with E-state index in [4.69, 9.17) is 9.68 Å². The Kier molecular flexibility index (Phi) is 19.7. The number of rotatable bonds is 28. The number of hydrogen-bond acceptors (Lipinski definition) is 13. The molecule has 18 nitrogen and oxygen atoms in total. The molecule has 3 heterocycles. The standard InChI is InChI=1S/C44H56N8O10S/c53-37(45-29-34-30-50(49-47-34)26-12-5-11-19-43(59)62-52-40(56)24-25-41(52)57)16-10-4-13-27-51-42(58)28-36(44(51)60)63-35-22-20-32(21-23-35)31-61-48-39(55)18-9-2-1-8-17-38(54)46-33-14-6-3-7-15-33/h3,6-7,14-15,20-23,30,36H,1-2,4-5,8-13,16-19,24-29,31H2,(H,45,53)(H,46,54)(H,48,55)/t36-/m1/s1. The minimum Gasteiger partial charge on any atom is -0.350 e. The molecule has 3 aromatic rings. The largest absolute Gasteiger partial charge is 0.350 e. The number of likely N-dealkylation sites (tertiary alicyclic amines) is 1.